The molecule has 1 spiro atoms. The highest BCUT2D eigenvalue weighted by atomic mass is 19.1. The van der Waals surface area contributed by atoms with Crippen LogP contribution >= 0.6 is 0 Å². The smallest absolute Gasteiger partial charge is 0.123 e. The van der Waals surface area contributed by atoms with Gasteiger partial charge in [0.15, 0.2) is 0 Å². The molecule has 4 nitrogen and oxygen atoms in total. The van der Waals surface area contributed by atoms with Crippen molar-refractivity contribution in [3.63, 3.8) is 0 Å². The van der Waals surface area contributed by atoms with Gasteiger partial charge >= 0.3 is 0 Å². The summed E-state index contributed by atoms with van der Waals surface area (Å²) in [5.74, 6) is -0.152. The quantitative estimate of drug-likeness (QED) is 0.892. The van der Waals surface area contributed by atoms with E-state index in [9.17, 15) is 4.39 Å². The summed E-state index contributed by atoms with van der Waals surface area (Å²) in [6.07, 6.45) is 5.95. The Morgan fingerprint density at radius 2 is 1.73 bits per heavy atom. The molecule has 0 unspecified atom stereocenters. The molecular formula is C21H30FNO3. The second kappa shape index (κ2) is 7.93. The summed E-state index contributed by atoms with van der Waals surface area (Å²) >= 11 is 0. The van der Waals surface area contributed by atoms with E-state index < -0.39 is 0 Å². The van der Waals surface area contributed by atoms with Gasteiger partial charge < -0.3 is 19.5 Å². The Balaban J connectivity index is 1.45. The van der Waals surface area contributed by atoms with E-state index in [1.54, 1.807) is 6.07 Å². The Labute approximate surface area is 155 Å². The maximum atomic E-state index is 13.8. The third-order valence-electron chi connectivity index (χ3n) is 6.51. The van der Waals surface area contributed by atoms with Crippen molar-refractivity contribution in [2.24, 2.45) is 0 Å². The van der Waals surface area contributed by atoms with Crippen molar-refractivity contribution in [2.45, 2.75) is 55.6 Å². The molecule has 0 amide bonds. The summed E-state index contributed by atoms with van der Waals surface area (Å²) in [5, 5.41) is 3.82. The van der Waals surface area contributed by atoms with Crippen LogP contribution in [0.2, 0.25) is 0 Å². The number of benzene rings is 1. The first-order valence-electron chi connectivity index (χ1n) is 9.99. The van der Waals surface area contributed by atoms with Gasteiger partial charge in [-0.1, -0.05) is 12.1 Å². The van der Waals surface area contributed by atoms with Crippen molar-refractivity contribution in [1.29, 1.82) is 0 Å². The lowest BCUT2D eigenvalue weighted by molar-refractivity contribution is -0.140. The summed E-state index contributed by atoms with van der Waals surface area (Å²) < 4.78 is 31.1. The second-order valence-corrected chi connectivity index (χ2v) is 8.12. The maximum absolute atomic E-state index is 13.8. The van der Waals surface area contributed by atoms with Crippen LogP contribution < -0.4 is 5.32 Å². The number of hydrogen-bond donors (Lipinski definition) is 1. The van der Waals surface area contributed by atoms with Gasteiger partial charge in [-0.15, -0.1) is 0 Å². The van der Waals surface area contributed by atoms with Crippen LogP contribution in [0.4, 0.5) is 4.39 Å². The topological polar surface area (TPSA) is 39.7 Å². The molecular weight excluding hydrogens is 333 g/mol. The number of hydrogen-bond acceptors (Lipinski definition) is 4. The van der Waals surface area contributed by atoms with Gasteiger partial charge in [0.1, 0.15) is 5.82 Å². The fourth-order valence-electron chi connectivity index (χ4n) is 4.78. The van der Waals surface area contributed by atoms with E-state index in [1.165, 1.54) is 6.07 Å². The van der Waals surface area contributed by atoms with E-state index in [4.69, 9.17) is 14.2 Å². The molecule has 26 heavy (non-hydrogen) atoms. The molecule has 0 saturated carbocycles. The largest absolute Gasteiger partial charge is 0.381 e. The molecule has 1 atom stereocenters. The zero-order chi connectivity index (χ0) is 17.9. The van der Waals surface area contributed by atoms with Crippen molar-refractivity contribution < 1.29 is 18.6 Å². The van der Waals surface area contributed by atoms with Crippen molar-refractivity contribution in [3.8, 4) is 0 Å². The first-order valence-corrected chi connectivity index (χ1v) is 9.99. The minimum absolute atomic E-state index is 0.00411. The van der Waals surface area contributed by atoms with Gasteiger partial charge in [0.2, 0.25) is 0 Å². The summed E-state index contributed by atoms with van der Waals surface area (Å²) in [6, 6.07) is 7.58. The first kappa shape index (κ1) is 18.4. The van der Waals surface area contributed by atoms with Gasteiger partial charge in [-0.25, -0.2) is 4.39 Å². The number of ether oxygens (including phenoxy) is 3. The monoisotopic (exact) mass is 363 g/mol. The lowest BCUT2D eigenvalue weighted by atomic mass is 9.73. The lowest BCUT2D eigenvalue weighted by Crippen LogP contribution is -2.52. The van der Waals surface area contributed by atoms with Crippen LogP contribution in [0, 0.1) is 5.82 Å². The zero-order valence-electron chi connectivity index (χ0n) is 15.5. The molecule has 1 aromatic rings. The molecule has 3 aliphatic rings. The molecule has 5 heteroatoms. The fourth-order valence-corrected chi connectivity index (χ4v) is 4.78. The minimum atomic E-state index is -0.152. The van der Waals surface area contributed by atoms with Crippen molar-refractivity contribution in [2.75, 3.05) is 39.6 Å². The molecule has 0 bridgehead atoms. The number of halogens is 1. The zero-order valence-corrected chi connectivity index (χ0v) is 15.5. The summed E-state index contributed by atoms with van der Waals surface area (Å²) in [5.41, 5.74) is 1.05. The fraction of sp³-hybridized carbons (Fsp3) is 0.714. The molecule has 0 radical (unpaired) electrons. The first-order chi connectivity index (χ1) is 12.7. The molecule has 3 saturated heterocycles. The Morgan fingerprint density at radius 3 is 2.46 bits per heavy atom. The van der Waals surface area contributed by atoms with E-state index in [1.807, 2.05) is 6.07 Å². The van der Waals surface area contributed by atoms with Crippen LogP contribution in [0.15, 0.2) is 24.3 Å². The third kappa shape index (κ3) is 3.96. The van der Waals surface area contributed by atoms with Crippen molar-refractivity contribution in [1.82, 2.24) is 5.32 Å². The predicted octanol–water partition coefficient (Wildman–Crippen LogP) is 3.19. The van der Waals surface area contributed by atoms with Gasteiger partial charge in [-0.3, -0.25) is 0 Å². The molecule has 0 aromatic heterocycles. The van der Waals surface area contributed by atoms with Crippen LogP contribution in [-0.4, -0.2) is 51.2 Å². The molecule has 1 aromatic carbocycles. The minimum Gasteiger partial charge on any atom is -0.381 e. The van der Waals surface area contributed by atoms with E-state index in [0.717, 1.165) is 83.7 Å². The van der Waals surface area contributed by atoms with Crippen LogP contribution in [0.1, 0.15) is 44.1 Å². The maximum Gasteiger partial charge on any atom is 0.123 e. The molecule has 0 aliphatic carbocycles. The highest BCUT2D eigenvalue weighted by Gasteiger charge is 2.40. The van der Waals surface area contributed by atoms with Crippen molar-refractivity contribution >= 4 is 0 Å². The van der Waals surface area contributed by atoms with Gasteiger partial charge in [0, 0.05) is 51.0 Å². The molecule has 1 N–H and O–H groups in total. The standard InChI is InChI=1S/C21H30FNO3/c22-18-3-1-2-17(14-18)20(5-10-24-11-6-20)16-23-19-4-9-26-21(15-19)7-12-25-13-8-21/h1-3,14,19,23H,4-13,15-16H2/t19-/m0/s1. The average molecular weight is 363 g/mol. The highest BCUT2D eigenvalue weighted by molar-refractivity contribution is 5.27. The average Bonchev–Trinajstić information content (AvgIpc) is 2.68. The van der Waals surface area contributed by atoms with Crippen molar-refractivity contribution in [3.05, 3.63) is 35.6 Å². The Bertz CT molecular complexity index is 591. The lowest BCUT2D eigenvalue weighted by Gasteiger charge is -2.45. The van der Waals surface area contributed by atoms with Gasteiger partial charge in [-0.2, -0.15) is 0 Å². The van der Waals surface area contributed by atoms with Gasteiger partial charge in [-0.05, 0) is 56.2 Å². The number of rotatable bonds is 4. The van der Waals surface area contributed by atoms with Crippen LogP contribution in [0.25, 0.3) is 0 Å². The molecule has 3 heterocycles. The molecule has 144 valence electrons. The molecule has 3 aliphatic heterocycles. The Kier molecular flexibility index (Phi) is 5.60. The SMILES string of the molecule is Fc1cccc(C2(CN[C@H]3CCOC4(CCOCC4)C3)CCOCC2)c1. The van der Waals surface area contributed by atoms with Gasteiger partial charge in [0.25, 0.3) is 0 Å². The van der Waals surface area contributed by atoms with Crippen LogP contribution in [0.5, 0.6) is 0 Å². The number of nitrogens with one attached hydrogen (secondary N) is 1. The van der Waals surface area contributed by atoms with E-state index in [0.29, 0.717) is 6.04 Å². The predicted molar refractivity (Wildman–Crippen MR) is 97.9 cm³/mol. The summed E-state index contributed by atoms with van der Waals surface area (Å²) in [7, 11) is 0. The Hall–Kier alpha value is -1.01. The third-order valence-corrected chi connectivity index (χ3v) is 6.51. The van der Waals surface area contributed by atoms with Crippen LogP contribution in [-0.2, 0) is 19.6 Å². The Morgan fingerprint density at radius 1 is 1.00 bits per heavy atom. The summed E-state index contributed by atoms with van der Waals surface area (Å²) in [6.45, 7) is 4.78. The van der Waals surface area contributed by atoms with Gasteiger partial charge in [0.05, 0.1) is 5.60 Å². The molecule has 3 fully saturated rings. The summed E-state index contributed by atoms with van der Waals surface area (Å²) in [4.78, 5) is 0. The van der Waals surface area contributed by atoms with E-state index in [2.05, 4.69) is 11.4 Å². The normalized spacial score (nSPS) is 28.1. The van der Waals surface area contributed by atoms with Crippen LogP contribution in [0.3, 0.4) is 0 Å². The highest BCUT2D eigenvalue weighted by Crippen LogP contribution is 2.37. The molecule has 4 rings (SSSR count). The second-order valence-electron chi connectivity index (χ2n) is 8.12. The van der Waals surface area contributed by atoms with E-state index in [-0.39, 0.29) is 16.8 Å². The van der Waals surface area contributed by atoms with E-state index >= 15 is 0 Å².